The van der Waals surface area contributed by atoms with Gasteiger partial charge in [-0.15, -0.1) is 0 Å². The van der Waals surface area contributed by atoms with Crippen LogP contribution in [0.25, 0.3) is 0 Å². The highest BCUT2D eigenvalue weighted by Crippen LogP contribution is 2.55. The van der Waals surface area contributed by atoms with Crippen molar-refractivity contribution in [2.24, 2.45) is 0 Å². The van der Waals surface area contributed by atoms with E-state index in [0.717, 1.165) is 22.3 Å². The third-order valence-corrected chi connectivity index (χ3v) is 9.65. The van der Waals surface area contributed by atoms with Crippen LogP contribution in [-0.4, -0.2) is 43.5 Å². The van der Waals surface area contributed by atoms with E-state index in [2.05, 4.69) is 29.6 Å². The van der Waals surface area contributed by atoms with Crippen LogP contribution in [0.3, 0.4) is 0 Å². The summed E-state index contributed by atoms with van der Waals surface area (Å²) in [5.41, 5.74) is 0.635. The number of carbonyl (C=O) groups excluding carboxylic acids is 2. The van der Waals surface area contributed by atoms with E-state index in [0.29, 0.717) is 18.3 Å². The average molecular weight is 434 g/mol. The molecule has 0 unspecified atom stereocenters. The third kappa shape index (κ3) is 5.03. The predicted molar refractivity (Wildman–Crippen MR) is 131 cm³/mol. The van der Waals surface area contributed by atoms with Gasteiger partial charge in [0.05, 0.1) is 0 Å². The molecule has 0 bridgehead atoms. The van der Waals surface area contributed by atoms with Crippen molar-refractivity contribution >= 4 is 35.0 Å². The number of hydrogen-bond donors (Lipinski definition) is 1. The molecule has 0 radical (unpaired) electrons. The Balaban J connectivity index is 2.17. The Labute approximate surface area is 185 Å². The third-order valence-electron chi connectivity index (χ3n) is 5.37. The minimum absolute atomic E-state index is 0.0684. The van der Waals surface area contributed by atoms with Crippen molar-refractivity contribution in [1.82, 2.24) is 10.2 Å². The average Bonchev–Trinajstić information content (AvgIpc) is 2.82. The quantitative estimate of drug-likeness (QED) is 0.555. The zero-order chi connectivity index (χ0) is 22.3. The van der Waals surface area contributed by atoms with Crippen molar-refractivity contribution < 1.29 is 9.59 Å². The van der Waals surface area contributed by atoms with Crippen LogP contribution in [0.4, 0.5) is 0 Å². The van der Waals surface area contributed by atoms with Gasteiger partial charge >= 0.3 is 0 Å². The first-order valence-electron chi connectivity index (χ1n) is 10.6. The molecule has 1 N–H and O–H groups in total. The SMILES string of the molecule is CCCNC(=O)c1ccc([P+](CC(=O)N(C)C)(c2ccccc2)c2ccccc2)cc1. The number of rotatable bonds is 8. The van der Waals surface area contributed by atoms with Gasteiger partial charge in [-0.25, -0.2) is 0 Å². The fourth-order valence-electron chi connectivity index (χ4n) is 3.64. The van der Waals surface area contributed by atoms with Crippen LogP contribution in [-0.2, 0) is 4.79 Å². The van der Waals surface area contributed by atoms with Crippen LogP contribution in [0.1, 0.15) is 23.7 Å². The molecule has 0 saturated carbocycles. The molecule has 0 spiro atoms. The predicted octanol–water partition coefficient (Wildman–Crippen LogP) is 3.21. The van der Waals surface area contributed by atoms with E-state index in [1.54, 1.807) is 19.0 Å². The molecule has 2 amide bonds. The molecule has 3 rings (SSSR count). The lowest BCUT2D eigenvalue weighted by Crippen LogP contribution is -2.39. The maximum Gasteiger partial charge on any atom is 0.260 e. The van der Waals surface area contributed by atoms with Gasteiger partial charge in [0.1, 0.15) is 23.2 Å². The maximum atomic E-state index is 13.1. The summed E-state index contributed by atoms with van der Waals surface area (Å²) < 4.78 is 0. The second-order valence-corrected chi connectivity index (χ2v) is 11.2. The summed E-state index contributed by atoms with van der Waals surface area (Å²) in [4.78, 5) is 27.1. The van der Waals surface area contributed by atoms with Crippen molar-refractivity contribution in [2.45, 2.75) is 13.3 Å². The minimum Gasteiger partial charge on any atom is -0.352 e. The summed E-state index contributed by atoms with van der Waals surface area (Å²) in [5.74, 6) is 0.0203. The summed E-state index contributed by atoms with van der Waals surface area (Å²) in [7, 11) is 1.34. The molecule has 5 heteroatoms. The lowest BCUT2D eigenvalue weighted by atomic mass is 10.2. The lowest BCUT2D eigenvalue weighted by Gasteiger charge is -2.28. The fraction of sp³-hybridized carbons (Fsp3) is 0.231. The Kier molecular flexibility index (Phi) is 7.59. The maximum absolute atomic E-state index is 13.1. The van der Waals surface area contributed by atoms with Gasteiger partial charge in [0.15, 0.2) is 6.16 Å². The standard InChI is InChI=1S/C26H29N2O2P/c1-4-19-27-26(30)21-15-17-24(18-16-21)31(20-25(29)28(2)3,22-11-7-5-8-12-22)23-13-9-6-10-14-23/h5-18H,4,19-20H2,1-3H3/p+1. The second kappa shape index (κ2) is 10.4. The van der Waals surface area contributed by atoms with E-state index in [1.807, 2.05) is 67.6 Å². The summed E-state index contributed by atoms with van der Waals surface area (Å²) in [6.07, 6.45) is 1.29. The molecule has 160 valence electrons. The lowest BCUT2D eigenvalue weighted by molar-refractivity contribution is -0.125. The van der Waals surface area contributed by atoms with Gasteiger partial charge in [-0.3, -0.25) is 9.59 Å². The van der Waals surface area contributed by atoms with Crippen LogP contribution in [0.5, 0.6) is 0 Å². The molecule has 0 aliphatic carbocycles. The molecule has 3 aromatic carbocycles. The van der Waals surface area contributed by atoms with Gasteiger partial charge in [0, 0.05) is 26.2 Å². The van der Waals surface area contributed by atoms with E-state index >= 15 is 0 Å². The van der Waals surface area contributed by atoms with Crippen molar-refractivity contribution in [3.05, 3.63) is 90.5 Å². The van der Waals surface area contributed by atoms with Crippen LogP contribution in [0.2, 0.25) is 0 Å². The number of nitrogens with one attached hydrogen (secondary N) is 1. The monoisotopic (exact) mass is 433 g/mol. The summed E-state index contributed by atoms with van der Waals surface area (Å²) in [6.45, 7) is 2.69. The number of nitrogens with zero attached hydrogens (tertiary/aromatic N) is 1. The molecule has 0 atom stereocenters. The molecule has 4 nitrogen and oxygen atoms in total. The van der Waals surface area contributed by atoms with Crippen LogP contribution >= 0.6 is 7.26 Å². The molecule has 0 aromatic heterocycles. The zero-order valence-electron chi connectivity index (χ0n) is 18.4. The Morgan fingerprint density at radius 3 is 1.71 bits per heavy atom. The molecular formula is C26H30N2O2P+. The first-order valence-corrected chi connectivity index (χ1v) is 12.5. The highest BCUT2D eigenvalue weighted by molar-refractivity contribution is 7.96. The normalized spacial score (nSPS) is 11.1. The summed E-state index contributed by atoms with van der Waals surface area (Å²) >= 11 is 0. The smallest absolute Gasteiger partial charge is 0.260 e. The van der Waals surface area contributed by atoms with Crippen LogP contribution < -0.4 is 21.2 Å². The van der Waals surface area contributed by atoms with Crippen molar-refractivity contribution in [3.63, 3.8) is 0 Å². The molecule has 0 aliphatic rings. The van der Waals surface area contributed by atoms with Gasteiger partial charge in [-0.2, -0.15) is 0 Å². The van der Waals surface area contributed by atoms with Gasteiger partial charge in [-0.1, -0.05) is 43.3 Å². The van der Waals surface area contributed by atoms with Crippen molar-refractivity contribution in [1.29, 1.82) is 0 Å². The summed E-state index contributed by atoms with van der Waals surface area (Å²) in [5, 5.41) is 6.32. The molecule has 0 aliphatic heterocycles. The Morgan fingerprint density at radius 2 is 1.26 bits per heavy atom. The fourth-order valence-corrected chi connectivity index (χ4v) is 7.79. The van der Waals surface area contributed by atoms with Crippen molar-refractivity contribution in [3.8, 4) is 0 Å². The first kappa shape index (κ1) is 22.7. The summed E-state index contributed by atoms with van der Waals surface area (Å²) in [6, 6.07) is 28.4. The number of amides is 2. The molecule has 0 fully saturated rings. The topological polar surface area (TPSA) is 49.4 Å². The highest BCUT2D eigenvalue weighted by Gasteiger charge is 2.47. The van der Waals surface area contributed by atoms with E-state index in [9.17, 15) is 9.59 Å². The molecule has 3 aromatic rings. The minimum atomic E-state index is -2.26. The zero-order valence-corrected chi connectivity index (χ0v) is 19.3. The largest absolute Gasteiger partial charge is 0.352 e. The Bertz CT molecular complexity index is 963. The van der Waals surface area contributed by atoms with Gasteiger partial charge < -0.3 is 10.2 Å². The van der Waals surface area contributed by atoms with Gasteiger partial charge in [0.2, 0.25) is 0 Å². The highest BCUT2D eigenvalue weighted by atomic mass is 31.2. The van der Waals surface area contributed by atoms with Gasteiger partial charge in [-0.05, 0) is 55.0 Å². The number of carbonyl (C=O) groups is 2. The van der Waals surface area contributed by atoms with E-state index in [4.69, 9.17) is 0 Å². The van der Waals surface area contributed by atoms with Gasteiger partial charge in [0.25, 0.3) is 11.8 Å². The molecule has 31 heavy (non-hydrogen) atoms. The Morgan fingerprint density at radius 1 is 0.774 bits per heavy atom. The molecule has 0 saturated heterocycles. The van der Waals surface area contributed by atoms with Crippen LogP contribution in [0.15, 0.2) is 84.9 Å². The first-order chi connectivity index (χ1) is 15.0. The van der Waals surface area contributed by atoms with E-state index in [1.165, 1.54) is 0 Å². The number of benzene rings is 3. The Hall–Kier alpha value is -2.97. The number of hydrogen-bond acceptors (Lipinski definition) is 2. The molecule has 0 heterocycles. The second-order valence-electron chi connectivity index (χ2n) is 7.73. The molecular weight excluding hydrogens is 403 g/mol. The van der Waals surface area contributed by atoms with Crippen LogP contribution in [0, 0.1) is 0 Å². The van der Waals surface area contributed by atoms with E-state index in [-0.39, 0.29) is 11.8 Å². The van der Waals surface area contributed by atoms with Crippen molar-refractivity contribution in [2.75, 3.05) is 26.8 Å². The van der Waals surface area contributed by atoms with E-state index < -0.39 is 7.26 Å².